The molecule has 2 heterocycles. The molecule has 1 unspecified atom stereocenters. The molecule has 0 aliphatic carbocycles. The predicted octanol–water partition coefficient (Wildman–Crippen LogP) is 4.15. The van der Waals surface area contributed by atoms with Gasteiger partial charge in [-0.05, 0) is 68.5 Å². The summed E-state index contributed by atoms with van der Waals surface area (Å²) >= 11 is 0. The molecule has 1 N–H and O–H groups in total. The van der Waals surface area contributed by atoms with Gasteiger partial charge in [0.2, 0.25) is 5.88 Å². The van der Waals surface area contributed by atoms with Crippen LogP contribution in [0.5, 0.6) is 5.88 Å². The normalized spacial score (nSPS) is 15.9. The molecule has 2 aromatic carbocycles. The summed E-state index contributed by atoms with van der Waals surface area (Å²) in [7, 11) is 5.86. The number of nitrogens with one attached hydrogen (secondary N) is 1. The summed E-state index contributed by atoms with van der Waals surface area (Å²) in [6, 6.07) is 20.0. The van der Waals surface area contributed by atoms with E-state index < -0.39 is 0 Å². The second-order valence-corrected chi connectivity index (χ2v) is 8.02. The first-order valence-corrected chi connectivity index (χ1v) is 10.5. The van der Waals surface area contributed by atoms with E-state index in [4.69, 9.17) is 4.74 Å². The summed E-state index contributed by atoms with van der Waals surface area (Å²) in [5.41, 5.74) is 4.57. The van der Waals surface area contributed by atoms with E-state index in [1.807, 2.05) is 48.5 Å². The van der Waals surface area contributed by atoms with Gasteiger partial charge in [0.25, 0.3) is 5.91 Å². The Balaban J connectivity index is 1.37. The van der Waals surface area contributed by atoms with E-state index in [1.165, 1.54) is 12.1 Å². The summed E-state index contributed by atoms with van der Waals surface area (Å²) in [6.07, 6.45) is 2.94. The smallest absolute Gasteiger partial charge is 0.255 e. The van der Waals surface area contributed by atoms with Crippen LogP contribution in [0.2, 0.25) is 0 Å². The monoisotopic (exact) mass is 416 g/mol. The average Bonchev–Trinajstić information content (AvgIpc) is 3.30. The third-order valence-corrected chi connectivity index (χ3v) is 5.81. The number of amides is 1. The van der Waals surface area contributed by atoms with E-state index in [-0.39, 0.29) is 5.91 Å². The summed E-state index contributed by atoms with van der Waals surface area (Å²) in [6.45, 7) is 2.10. The van der Waals surface area contributed by atoms with Crippen LogP contribution in [0, 0.1) is 0 Å². The van der Waals surface area contributed by atoms with Gasteiger partial charge in [-0.1, -0.05) is 12.1 Å². The number of nitrogens with zero attached hydrogens (tertiary/aromatic N) is 3. The highest BCUT2D eigenvalue weighted by Crippen LogP contribution is 2.25. The highest BCUT2D eigenvalue weighted by atomic mass is 16.5. The molecular formula is C25H28N4O2. The molecule has 3 aromatic rings. The number of ether oxygens (including phenoxy) is 1. The van der Waals surface area contributed by atoms with Crippen molar-refractivity contribution in [3.05, 3.63) is 72.4 Å². The average molecular weight is 417 g/mol. The van der Waals surface area contributed by atoms with Gasteiger partial charge in [-0.3, -0.25) is 4.79 Å². The van der Waals surface area contributed by atoms with Crippen molar-refractivity contribution >= 4 is 17.3 Å². The summed E-state index contributed by atoms with van der Waals surface area (Å²) in [5.74, 6) is 0.453. The second-order valence-electron chi connectivity index (χ2n) is 8.02. The molecule has 1 aliphatic rings. The van der Waals surface area contributed by atoms with Gasteiger partial charge in [-0.25, -0.2) is 4.98 Å². The van der Waals surface area contributed by atoms with Crippen LogP contribution in [0.25, 0.3) is 11.1 Å². The predicted molar refractivity (Wildman–Crippen MR) is 125 cm³/mol. The lowest BCUT2D eigenvalue weighted by atomic mass is 10.1. The Kier molecular flexibility index (Phi) is 6.18. The molecular weight excluding hydrogens is 388 g/mol. The minimum atomic E-state index is -0.124. The lowest BCUT2D eigenvalue weighted by molar-refractivity contribution is 0.102. The third kappa shape index (κ3) is 4.86. The van der Waals surface area contributed by atoms with Crippen LogP contribution >= 0.6 is 0 Å². The number of aromatic nitrogens is 1. The minimum absolute atomic E-state index is 0.124. The van der Waals surface area contributed by atoms with Gasteiger partial charge in [0.15, 0.2) is 0 Å². The van der Waals surface area contributed by atoms with Crippen LogP contribution in [0.4, 0.5) is 11.4 Å². The quantitative estimate of drug-likeness (QED) is 0.654. The van der Waals surface area contributed by atoms with Crippen molar-refractivity contribution in [1.82, 2.24) is 9.88 Å². The SMILES string of the molecule is COc1ccc(-c2ccc(C(=O)Nc3ccc(N4CCC(N(C)C)C4)cc3)cc2)cn1. The second kappa shape index (κ2) is 9.18. The Morgan fingerprint density at radius 2 is 1.74 bits per heavy atom. The van der Waals surface area contributed by atoms with E-state index in [0.29, 0.717) is 17.5 Å². The third-order valence-electron chi connectivity index (χ3n) is 5.81. The molecule has 0 saturated carbocycles. The number of anilines is 2. The van der Waals surface area contributed by atoms with Crippen LogP contribution < -0.4 is 15.0 Å². The van der Waals surface area contributed by atoms with E-state index in [0.717, 1.165) is 29.9 Å². The number of pyridine rings is 1. The Labute approximate surface area is 183 Å². The van der Waals surface area contributed by atoms with Crippen molar-refractivity contribution in [2.75, 3.05) is 44.5 Å². The lowest BCUT2D eigenvalue weighted by Gasteiger charge is -2.22. The summed E-state index contributed by atoms with van der Waals surface area (Å²) in [5, 5.41) is 2.98. The van der Waals surface area contributed by atoms with Crippen LogP contribution in [0.15, 0.2) is 66.9 Å². The zero-order valence-electron chi connectivity index (χ0n) is 18.2. The van der Waals surface area contributed by atoms with Crippen molar-refractivity contribution in [3.63, 3.8) is 0 Å². The molecule has 1 amide bonds. The summed E-state index contributed by atoms with van der Waals surface area (Å²) in [4.78, 5) is 21.6. The first-order valence-electron chi connectivity index (χ1n) is 10.5. The van der Waals surface area contributed by atoms with Gasteiger partial charge >= 0.3 is 0 Å². The van der Waals surface area contributed by atoms with Crippen LogP contribution in [0.3, 0.4) is 0 Å². The highest BCUT2D eigenvalue weighted by molar-refractivity contribution is 6.04. The fraction of sp³-hybridized carbons (Fsp3) is 0.280. The Bertz CT molecular complexity index is 1010. The molecule has 1 aliphatic heterocycles. The molecule has 1 fully saturated rings. The van der Waals surface area contributed by atoms with E-state index in [2.05, 4.69) is 46.3 Å². The number of likely N-dealkylation sites (N-methyl/N-ethyl adjacent to an activating group) is 1. The molecule has 0 bridgehead atoms. The number of benzene rings is 2. The van der Waals surface area contributed by atoms with E-state index in [9.17, 15) is 4.79 Å². The molecule has 1 saturated heterocycles. The largest absolute Gasteiger partial charge is 0.481 e. The maximum Gasteiger partial charge on any atom is 0.255 e. The number of methoxy groups -OCH3 is 1. The standard InChI is InChI=1S/C25H28N4O2/c1-28(2)23-14-15-29(17-23)22-11-9-21(10-12-22)27-25(30)19-6-4-18(5-7-19)20-8-13-24(31-3)26-16-20/h4-13,16,23H,14-15,17H2,1-3H3,(H,27,30). The molecule has 1 atom stereocenters. The van der Waals surface area contributed by atoms with Crippen molar-refractivity contribution in [2.45, 2.75) is 12.5 Å². The fourth-order valence-corrected chi connectivity index (χ4v) is 3.84. The maximum absolute atomic E-state index is 12.6. The molecule has 6 heteroatoms. The molecule has 31 heavy (non-hydrogen) atoms. The topological polar surface area (TPSA) is 57.7 Å². The van der Waals surface area contributed by atoms with Crippen molar-refractivity contribution in [3.8, 4) is 17.0 Å². The van der Waals surface area contributed by atoms with Gasteiger partial charge in [0, 0.05) is 53.9 Å². The van der Waals surface area contributed by atoms with E-state index in [1.54, 1.807) is 13.3 Å². The first kappa shape index (κ1) is 20.9. The van der Waals surface area contributed by atoms with Gasteiger partial charge in [0.1, 0.15) is 0 Å². The van der Waals surface area contributed by atoms with Gasteiger partial charge in [-0.2, -0.15) is 0 Å². The first-order chi connectivity index (χ1) is 15.0. The molecule has 0 spiro atoms. The number of hydrogen-bond donors (Lipinski definition) is 1. The van der Waals surface area contributed by atoms with Crippen molar-refractivity contribution in [1.29, 1.82) is 0 Å². The molecule has 6 nitrogen and oxygen atoms in total. The van der Waals surface area contributed by atoms with Crippen LogP contribution in [0.1, 0.15) is 16.8 Å². The Morgan fingerprint density at radius 3 is 2.32 bits per heavy atom. The lowest BCUT2D eigenvalue weighted by Crippen LogP contribution is -2.31. The molecule has 4 rings (SSSR count). The van der Waals surface area contributed by atoms with Gasteiger partial charge in [0.05, 0.1) is 7.11 Å². The zero-order valence-corrected chi connectivity index (χ0v) is 18.2. The van der Waals surface area contributed by atoms with Crippen LogP contribution in [-0.4, -0.2) is 56.1 Å². The fourth-order valence-electron chi connectivity index (χ4n) is 3.84. The van der Waals surface area contributed by atoms with E-state index >= 15 is 0 Å². The number of rotatable bonds is 6. The van der Waals surface area contributed by atoms with Gasteiger partial charge in [-0.15, -0.1) is 0 Å². The number of hydrogen-bond acceptors (Lipinski definition) is 5. The van der Waals surface area contributed by atoms with Crippen LogP contribution in [-0.2, 0) is 0 Å². The zero-order chi connectivity index (χ0) is 21.8. The Hall–Kier alpha value is -3.38. The maximum atomic E-state index is 12.6. The minimum Gasteiger partial charge on any atom is -0.481 e. The highest BCUT2D eigenvalue weighted by Gasteiger charge is 2.23. The molecule has 1 aromatic heterocycles. The summed E-state index contributed by atoms with van der Waals surface area (Å²) < 4.78 is 5.09. The number of carbonyl (C=O) groups is 1. The molecule has 160 valence electrons. The van der Waals surface area contributed by atoms with Gasteiger partial charge < -0.3 is 19.9 Å². The Morgan fingerprint density at radius 1 is 1.03 bits per heavy atom. The number of carbonyl (C=O) groups excluding carboxylic acids is 1. The molecule has 0 radical (unpaired) electrons. The van der Waals surface area contributed by atoms with Crippen molar-refractivity contribution < 1.29 is 9.53 Å². The van der Waals surface area contributed by atoms with Crippen molar-refractivity contribution in [2.24, 2.45) is 0 Å².